The maximum Gasteiger partial charge on any atom is 0.315 e. The SMILES string of the molecule is Cc1nc(CN2C[C@@H](F)C[C@H]2CNC(=O)N[C@H]2C=CCCC2)no1. The molecule has 0 bridgehead atoms. The number of aromatic nitrogens is 2. The van der Waals surface area contributed by atoms with Gasteiger partial charge in [-0.1, -0.05) is 17.3 Å². The molecule has 0 saturated carbocycles. The lowest BCUT2D eigenvalue weighted by Crippen LogP contribution is -2.46. The van der Waals surface area contributed by atoms with Crippen molar-refractivity contribution in [3.63, 3.8) is 0 Å². The summed E-state index contributed by atoms with van der Waals surface area (Å²) in [5.41, 5.74) is 0. The number of carbonyl (C=O) groups excluding carboxylic acids is 1. The van der Waals surface area contributed by atoms with Crippen LogP contribution in [0.2, 0.25) is 0 Å². The summed E-state index contributed by atoms with van der Waals surface area (Å²) in [4.78, 5) is 18.1. The predicted octanol–water partition coefficient (Wildman–Crippen LogP) is 1.70. The normalized spacial score (nSPS) is 27.3. The molecule has 1 saturated heterocycles. The molecule has 1 aromatic heterocycles. The Morgan fingerprint density at radius 1 is 1.54 bits per heavy atom. The van der Waals surface area contributed by atoms with E-state index in [1.165, 1.54) is 0 Å². The number of alkyl halides is 1. The maximum absolute atomic E-state index is 13.8. The fraction of sp³-hybridized carbons (Fsp3) is 0.688. The number of aryl methyl sites for hydroxylation is 1. The fourth-order valence-corrected chi connectivity index (χ4v) is 3.28. The summed E-state index contributed by atoms with van der Waals surface area (Å²) in [7, 11) is 0. The van der Waals surface area contributed by atoms with Crippen LogP contribution in [-0.2, 0) is 6.54 Å². The zero-order valence-electron chi connectivity index (χ0n) is 13.9. The zero-order valence-corrected chi connectivity index (χ0v) is 13.9. The first-order valence-corrected chi connectivity index (χ1v) is 8.48. The third kappa shape index (κ3) is 4.53. The zero-order chi connectivity index (χ0) is 16.9. The molecule has 2 aliphatic rings. The Morgan fingerprint density at radius 3 is 3.12 bits per heavy atom. The molecule has 3 atom stereocenters. The first kappa shape index (κ1) is 16.9. The summed E-state index contributed by atoms with van der Waals surface area (Å²) in [6.45, 7) is 2.88. The molecular weight excluding hydrogens is 313 g/mol. The number of urea groups is 1. The third-order valence-electron chi connectivity index (χ3n) is 4.46. The number of nitrogens with one attached hydrogen (secondary N) is 2. The summed E-state index contributed by atoms with van der Waals surface area (Å²) < 4.78 is 18.7. The van der Waals surface area contributed by atoms with Gasteiger partial charge in [0.1, 0.15) is 6.17 Å². The molecule has 24 heavy (non-hydrogen) atoms. The van der Waals surface area contributed by atoms with Gasteiger partial charge in [0.25, 0.3) is 0 Å². The smallest absolute Gasteiger partial charge is 0.315 e. The number of nitrogens with zero attached hydrogens (tertiary/aromatic N) is 3. The van der Waals surface area contributed by atoms with Crippen LogP contribution < -0.4 is 10.6 Å². The van der Waals surface area contributed by atoms with Crippen LogP contribution in [0, 0.1) is 6.92 Å². The Labute approximate surface area is 140 Å². The van der Waals surface area contributed by atoms with Crippen molar-refractivity contribution in [2.45, 2.75) is 57.4 Å². The van der Waals surface area contributed by atoms with Gasteiger partial charge >= 0.3 is 6.03 Å². The lowest BCUT2D eigenvalue weighted by Gasteiger charge is -2.24. The summed E-state index contributed by atoms with van der Waals surface area (Å²) in [5, 5.41) is 9.64. The number of amides is 2. The number of hydrogen-bond acceptors (Lipinski definition) is 5. The van der Waals surface area contributed by atoms with Crippen molar-refractivity contribution in [3.05, 3.63) is 23.9 Å². The third-order valence-corrected chi connectivity index (χ3v) is 4.46. The Morgan fingerprint density at radius 2 is 2.42 bits per heavy atom. The van der Waals surface area contributed by atoms with Gasteiger partial charge in [0.2, 0.25) is 5.89 Å². The molecule has 7 nitrogen and oxygen atoms in total. The van der Waals surface area contributed by atoms with Crippen molar-refractivity contribution >= 4 is 6.03 Å². The highest BCUT2D eigenvalue weighted by atomic mass is 19.1. The second kappa shape index (κ2) is 7.74. The molecule has 132 valence electrons. The van der Waals surface area contributed by atoms with Gasteiger partial charge < -0.3 is 15.2 Å². The predicted molar refractivity (Wildman–Crippen MR) is 86.1 cm³/mol. The van der Waals surface area contributed by atoms with E-state index in [0.29, 0.717) is 37.8 Å². The van der Waals surface area contributed by atoms with E-state index in [0.717, 1.165) is 19.3 Å². The summed E-state index contributed by atoms with van der Waals surface area (Å²) >= 11 is 0. The monoisotopic (exact) mass is 337 g/mol. The van der Waals surface area contributed by atoms with Gasteiger partial charge in [-0.2, -0.15) is 4.98 Å². The highest BCUT2D eigenvalue weighted by Crippen LogP contribution is 2.21. The molecule has 2 amide bonds. The minimum atomic E-state index is -0.894. The highest BCUT2D eigenvalue weighted by Gasteiger charge is 2.33. The lowest BCUT2D eigenvalue weighted by molar-refractivity contribution is 0.213. The summed E-state index contributed by atoms with van der Waals surface area (Å²) in [5.74, 6) is 1.04. The van der Waals surface area contributed by atoms with Crippen molar-refractivity contribution in [1.82, 2.24) is 25.7 Å². The van der Waals surface area contributed by atoms with Gasteiger partial charge in [-0.25, -0.2) is 9.18 Å². The van der Waals surface area contributed by atoms with Crippen molar-refractivity contribution in [3.8, 4) is 0 Å². The van der Waals surface area contributed by atoms with Gasteiger partial charge in [-0.15, -0.1) is 0 Å². The van der Waals surface area contributed by atoms with Gasteiger partial charge in [0.05, 0.1) is 6.54 Å². The topological polar surface area (TPSA) is 83.3 Å². The lowest BCUT2D eigenvalue weighted by atomic mass is 10.0. The highest BCUT2D eigenvalue weighted by molar-refractivity contribution is 5.74. The molecule has 3 rings (SSSR count). The largest absolute Gasteiger partial charge is 0.340 e. The van der Waals surface area contributed by atoms with E-state index in [4.69, 9.17) is 4.52 Å². The number of rotatable bonds is 5. The Kier molecular flexibility index (Phi) is 5.44. The molecule has 0 aromatic carbocycles. The van der Waals surface area contributed by atoms with E-state index in [1.807, 2.05) is 11.0 Å². The summed E-state index contributed by atoms with van der Waals surface area (Å²) in [6.07, 6.45) is 6.75. The van der Waals surface area contributed by atoms with Crippen molar-refractivity contribution < 1.29 is 13.7 Å². The van der Waals surface area contributed by atoms with Gasteiger partial charge in [0.15, 0.2) is 5.82 Å². The van der Waals surface area contributed by atoms with E-state index < -0.39 is 6.17 Å². The molecule has 1 aliphatic carbocycles. The fourth-order valence-electron chi connectivity index (χ4n) is 3.28. The first-order chi connectivity index (χ1) is 11.6. The van der Waals surface area contributed by atoms with Crippen LogP contribution in [0.4, 0.5) is 9.18 Å². The molecule has 0 spiro atoms. The number of likely N-dealkylation sites (tertiary alicyclic amines) is 1. The molecule has 1 aromatic rings. The number of allylic oxidation sites excluding steroid dienone is 1. The van der Waals surface area contributed by atoms with Crippen LogP contribution in [0.1, 0.15) is 37.4 Å². The maximum atomic E-state index is 13.8. The molecule has 0 radical (unpaired) electrons. The molecular formula is C16H24FN5O2. The van der Waals surface area contributed by atoms with Crippen LogP contribution in [0.5, 0.6) is 0 Å². The standard InChI is InChI=1S/C16H24FN5O2/c1-11-19-15(21-24-11)10-22-9-12(17)7-14(22)8-18-16(23)20-13-5-3-2-4-6-13/h3,5,12-14H,2,4,6-10H2,1H3,(H2,18,20,23)/t12-,13-,14-/m0/s1. The van der Waals surface area contributed by atoms with Crippen LogP contribution >= 0.6 is 0 Å². The second-order valence-corrected chi connectivity index (χ2v) is 6.47. The van der Waals surface area contributed by atoms with Crippen molar-refractivity contribution in [2.24, 2.45) is 0 Å². The Balaban J connectivity index is 1.48. The molecule has 1 aliphatic heterocycles. The van der Waals surface area contributed by atoms with E-state index in [2.05, 4.69) is 26.9 Å². The minimum Gasteiger partial charge on any atom is -0.340 e. The summed E-state index contributed by atoms with van der Waals surface area (Å²) in [6, 6.07) is -0.176. The van der Waals surface area contributed by atoms with Crippen molar-refractivity contribution in [1.29, 1.82) is 0 Å². The van der Waals surface area contributed by atoms with E-state index in [-0.39, 0.29) is 18.1 Å². The molecule has 2 heterocycles. The van der Waals surface area contributed by atoms with Crippen molar-refractivity contribution in [2.75, 3.05) is 13.1 Å². The first-order valence-electron chi connectivity index (χ1n) is 8.48. The van der Waals surface area contributed by atoms with E-state index in [1.54, 1.807) is 6.92 Å². The van der Waals surface area contributed by atoms with Gasteiger partial charge in [0, 0.05) is 32.1 Å². The quantitative estimate of drug-likeness (QED) is 0.799. The Bertz CT molecular complexity index is 591. The van der Waals surface area contributed by atoms with E-state index >= 15 is 0 Å². The van der Waals surface area contributed by atoms with Crippen LogP contribution in [-0.4, -0.2) is 52.4 Å². The minimum absolute atomic E-state index is 0.0635. The molecule has 2 N–H and O–H groups in total. The molecule has 1 fully saturated rings. The number of halogens is 1. The molecule has 0 unspecified atom stereocenters. The van der Waals surface area contributed by atoms with Gasteiger partial charge in [-0.3, -0.25) is 4.90 Å². The van der Waals surface area contributed by atoms with Crippen LogP contribution in [0.25, 0.3) is 0 Å². The molecule has 8 heteroatoms. The number of hydrogen-bond donors (Lipinski definition) is 2. The van der Waals surface area contributed by atoms with E-state index in [9.17, 15) is 9.18 Å². The average Bonchev–Trinajstić information content (AvgIpc) is 3.12. The van der Waals surface area contributed by atoms with Crippen LogP contribution in [0.15, 0.2) is 16.7 Å². The number of carbonyl (C=O) groups is 1. The van der Waals surface area contributed by atoms with Crippen LogP contribution in [0.3, 0.4) is 0 Å². The van der Waals surface area contributed by atoms with Gasteiger partial charge in [-0.05, 0) is 25.7 Å². The average molecular weight is 337 g/mol. The second-order valence-electron chi connectivity index (χ2n) is 6.47. The Hall–Kier alpha value is -1.96.